The van der Waals surface area contributed by atoms with Gasteiger partial charge in [-0.3, -0.25) is 14.4 Å². The molecule has 3 unspecified atom stereocenters. The van der Waals surface area contributed by atoms with Crippen LogP contribution in [0.3, 0.4) is 0 Å². The Morgan fingerprint density at radius 3 is 2.25 bits per heavy atom. The summed E-state index contributed by atoms with van der Waals surface area (Å²) in [7, 11) is 0. The minimum Gasteiger partial charge on any atom is -0.481 e. The molecule has 2 aliphatic rings. The standard InChI is InChI=1S/C14H19NO5/c16-12(9-4-2-1-3-5-9)15-7-6-10(13(17)18)11(8-15)14(19)20/h1-2,9-11H,3-8H2,(H,17,18)(H,19,20). The summed E-state index contributed by atoms with van der Waals surface area (Å²) in [6, 6.07) is 0. The van der Waals surface area contributed by atoms with E-state index in [1.807, 2.05) is 12.2 Å². The van der Waals surface area contributed by atoms with E-state index < -0.39 is 23.8 Å². The number of rotatable bonds is 3. The molecule has 1 amide bonds. The Balaban J connectivity index is 2.04. The summed E-state index contributed by atoms with van der Waals surface area (Å²) in [6.07, 6.45) is 6.57. The van der Waals surface area contributed by atoms with Crippen LogP contribution in [0.1, 0.15) is 25.7 Å². The maximum absolute atomic E-state index is 12.3. The van der Waals surface area contributed by atoms with Crippen LogP contribution in [0, 0.1) is 17.8 Å². The second kappa shape index (κ2) is 6.07. The molecule has 1 saturated heterocycles. The van der Waals surface area contributed by atoms with Crippen LogP contribution in [0.2, 0.25) is 0 Å². The number of piperidine rings is 1. The fraction of sp³-hybridized carbons (Fsp3) is 0.643. The van der Waals surface area contributed by atoms with Crippen molar-refractivity contribution in [1.29, 1.82) is 0 Å². The summed E-state index contributed by atoms with van der Waals surface area (Å²) in [4.78, 5) is 36.2. The van der Waals surface area contributed by atoms with Gasteiger partial charge in [0.1, 0.15) is 0 Å². The van der Waals surface area contributed by atoms with Crippen LogP contribution in [0.15, 0.2) is 12.2 Å². The molecule has 1 aliphatic heterocycles. The largest absolute Gasteiger partial charge is 0.481 e. The molecule has 0 saturated carbocycles. The minimum absolute atomic E-state index is 0.00531. The van der Waals surface area contributed by atoms with Crippen molar-refractivity contribution in [2.24, 2.45) is 17.8 Å². The van der Waals surface area contributed by atoms with Crippen LogP contribution < -0.4 is 0 Å². The highest BCUT2D eigenvalue weighted by Crippen LogP contribution is 2.28. The molecule has 6 heteroatoms. The molecule has 0 radical (unpaired) electrons. The van der Waals surface area contributed by atoms with Crippen molar-refractivity contribution >= 4 is 17.8 Å². The van der Waals surface area contributed by atoms with Crippen LogP contribution >= 0.6 is 0 Å². The molecule has 6 nitrogen and oxygen atoms in total. The predicted octanol–water partition coefficient (Wildman–Crippen LogP) is 0.977. The summed E-state index contributed by atoms with van der Waals surface area (Å²) < 4.78 is 0. The van der Waals surface area contributed by atoms with Crippen LogP contribution in [-0.2, 0) is 14.4 Å². The van der Waals surface area contributed by atoms with Gasteiger partial charge in [0.05, 0.1) is 11.8 Å². The van der Waals surface area contributed by atoms with Crippen molar-refractivity contribution in [3.8, 4) is 0 Å². The van der Waals surface area contributed by atoms with E-state index in [1.54, 1.807) is 0 Å². The molecule has 1 fully saturated rings. The van der Waals surface area contributed by atoms with E-state index in [9.17, 15) is 14.4 Å². The van der Waals surface area contributed by atoms with E-state index in [1.165, 1.54) is 4.90 Å². The summed E-state index contributed by atoms with van der Waals surface area (Å²) in [5.41, 5.74) is 0. The van der Waals surface area contributed by atoms with Crippen LogP contribution in [0.25, 0.3) is 0 Å². The lowest BCUT2D eigenvalue weighted by Gasteiger charge is -2.36. The third-order valence-corrected chi connectivity index (χ3v) is 4.18. The van der Waals surface area contributed by atoms with Gasteiger partial charge in [-0.15, -0.1) is 0 Å². The maximum atomic E-state index is 12.3. The second-order valence-corrected chi connectivity index (χ2v) is 5.44. The van der Waals surface area contributed by atoms with E-state index in [0.29, 0.717) is 13.0 Å². The van der Waals surface area contributed by atoms with E-state index in [4.69, 9.17) is 10.2 Å². The number of likely N-dealkylation sites (tertiary alicyclic amines) is 1. The molecule has 2 rings (SSSR count). The van der Waals surface area contributed by atoms with Crippen LogP contribution in [-0.4, -0.2) is 46.0 Å². The average Bonchev–Trinajstić information content (AvgIpc) is 2.46. The number of carboxylic acids is 2. The maximum Gasteiger partial charge on any atom is 0.309 e. The van der Waals surface area contributed by atoms with E-state index in [-0.39, 0.29) is 24.8 Å². The number of allylic oxidation sites excluding steroid dienone is 2. The molecule has 0 aromatic rings. The first kappa shape index (κ1) is 14.6. The van der Waals surface area contributed by atoms with Gasteiger partial charge < -0.3 is 15.1 Å². The summed E-state index contributed by atoms with van der Waals surface area (Å²) in [6.45, 7) is 0.338. The number of carbonyl (C=O) groups excluding carboxylic acids is 1. The quantitative estimate of drug-likeness (QED) is 0.752. The topological polar surface area (TPSA) is 94.9 Å². The first-order valence-electron chi connectivity index (χ1n) is 6.90. The van der Waals surface area contributed by atoms with Gasteiger partial charge in [0, 0.05) is 19.0 Å². The van der Waals surface area contributed by atoms with Gasteiger partial charge in [-0.05, 0) is 25.7 Å². The predicted molar refractivity (Wildman–Crippen MR) is 69.9 cm³/mol. The Morgan fingerprint density at radius 2 is 1.70 bits per heavy atom. The van der Waals surface area contributed by atoms with Crippen molar-refractivity contribution in [1.82, 2.24) is 4.90 Å². The van der Waals surface area contributed by atoms with Crippen molar-refractivity contribution in [2.45, 2.75) is 25.7 Å². The first-order valence-corrected chi connectivity index (χ1v) is 6.90. The van der Waals surface area contributed by atoms with E-state index in [2.05, 4.69) is 0 Å². The molecule has 1 heterocycles. The molecule has 0 spiro atoms. The normalized spacial score (nSPS) is 30.0. The molecule has 0 bridgehead atoms. The third kappa shape index (κ3) is 3.00. The zero-order valence-electron chi connectivity index (χ0n) is 11.2. The Bertz CT molecular complexity index is 445. The third-order valence-electron chi connectivity index (χ3n) is 4.18. The van der Waals surface area contributed by atoms with Crippen molar-refractivity contribution in [2.75, 3.05) is 13.1 Å². The van der Waals surface area contributed by atoms with Gasteiger partial charge in [0.25, 0.3) is 0 Å². The Hall–Kier alpha value is -1.85. The van der Waals surface area contributed by atoms with Crippen LogP contribution in [0.4, 0.5) is 0 Å². The molecule has 20 heavy (non-hydrogen) atoms. The summed E-state index contributed by atoms with van der Waals surface area (Å²) >= 11 is 0. The smallest absolute Gasteiger partial charge is 0.309 e. The second-order valence-electron chi connectivity index (χ2n) is 5.44. The van der Waals surface area contributed by atoms with E-state index >= 15 is 0 Å². The number of carbonyl (C=O) groups is 3. The fourth-order valence-electron chi connectivity index (χ4n) is 2.97. The highest BCUT2D eigenvalue weighted by Gasteiger charge is 2.41. The van der Waals surface area contributed by atoms with Gasteiger partial charge >= 0.3 is 11.9 Å². The molecule has 3 atom stereocenters. The van der Waals surface area contributed by atoms with Crippen molar-refractivity contribution in [3.63, 3.8) is 0 Å². The Labute approximate surface area is 117 Å². The molecule has 0 aromatic heterocycles. The lowest BCUT2D eigenvalue weighted by Crippen LogP contribution is -2.50. The number of aliphatic carboxylic acids is 2. The zero-order valence-corrected chi connectivity index (χ0v) is 11.2. The monoisotopic (exact) mass is 281 g/mol. The molecule has 2 N–H and O–H groups in total. The average molecular weight is 281 g/mol. The lowest BCUT2D eigenvalue weighted by molar-refractivity contribution is -0.159. The number of hydrogen-bond donors (Lipinski definition) is 2. The SMILES string of the molecule is O=C(O)C1CCN(C(=O)C2CC=CCC2)CC1C(=O)O. The van der Waals surface area contributed by atoms with Gasteiger partial charge in [-0.1, -0.05) is 12.2 Å². The molecule has 0 aromatic carbocycles. The lowest BCUT2D eigenvalue weighted by atomic mass is 9.84. The highest BCUT2D eigenvalue weighted by molar-refractivity contribution is 5.83. The Kier molecular flexibility index (Phi) is 4.42. The zero-order chi connectivity index (χ0) is 14.7. The summed E-state index contributed by atoms with van der Waals surface area (Å²) in [5.74, 6) is -4.27. The van der Waals surface area contributed by atoms with Gasteiger partial charge in [0.2, 0.25) is 5.91 Å². The molecule has 1 aliphatic carbocycles. The van der Waals surface area contributed by atoms with Crippen molar-refractivity contribution < 1.29 is 24.6 Å². The van der Waals surface area contributed by atoms with E-state index in [0.717, 1.165) is 12.8 Å². The summed E-state index contributed by atoms with van der Waals surface area (Å²) in [5, 5.41) is 18.2. The molecular weight excluding hydrogens is 262 g/mol. The van der Waals surface area contributed by atoms with Gasteiger partial charge in [-0.25, -0.2) is 0 Å². The van der Waals surface area contributed by atoms with Gasteiger partial charge in [0.15, 0.2) is 0 Å². The number of amides is 1. The van der Waals surface area contributed by atoms with Crippen molar-refractivity contribution in [3.05, 3.63) is 12.2 Å². The molecule has 110 valence electrons. The Morgan fingerprint density at radius 1 is 1.00 bits per heavy atom. The number of nitrogens with zero attached hydrogens (tertiary/aromatic N) is 1. The molecular formula is C14H19NO5. The van der Waals surface area contributed by atoms with Gasteiger partial charge in [-0.2, -0.15) is 0 Å². The number of hydrogen-bond acceptors (Lipinski definition) is 3. The van der Waals surface area contributed by atoms with Crippen LogP contribution in [0.5, 0.6) is 0 Å². The fourth-order valence-corrected chi connectivity index (χ4v) is 2.97. The highest BCUT2D eigenvalue weighted by atomic mass is 16.4. The number of carboxylic acid groups (broad SMARTS) is 2. The minimum atomic E-state index is -1.14. The first-order chi connectivity index (χ1) is 9.50.